The molecule has 23 heavy (non-hydrogen) atoms. The monoisotopic (exact) mass is 300 g/mol. The minimum Gasteiger partial charge on any atom is -0.0764 e. The maximum absolute atomic E-state index is 2.67. The third kappa shape index (κ3) is 1.78. The summed E-state index contributed by atoms with van der Waals surface area (Å²) < 4.78 is 0. The quantitative estimate of drug-likeness (QED) is 0.646. The normalized spacial score (nSPS) is 37.7. The molecule has 2 aromatic carbocycles. The fraction of sp³-hybridized carbons (Fsp3) is 0.391. The van der Waals surface area contributed by atoms with E-state index in [9.17, 15) is 0 Å². The highest BCUT2D eigenvalue weighted by Crippen LogP contribution is 2.72. The molecule has 5 atom stereocenters. The van der Waals surface area contributed by atoms with Crippen LogP contribution < -0.4 is 0 Å². The molecule has 3 aliphatic carbocycles. The molecule has 0 aromatic heterocycles. The molecule has 0 bridgehead atoms. The van der Waals surface area contributed by atoms with Gasteiger partial charge in [-0.05, 0) is 65.0 Å². The third-order valence-corrected chi connectivity index (χ3v) is 7.13. The molecule has 0 amide bonds. The summed E-state index contributed by atoms with van der Waals surface area (Å²) in [5.74, 6) is 3.10. The Bertz CT molecular complexity index is 742. The lowest BCUT2D eigenvalue weighted by atomic mass is 9.56. The van der Waals surface area contributed by atoms with Gasteiger partial charge in [-0.1, -0.05) is 73.7 Å². The van der Waals surface area contributed by atoms with Crippen LogP contribution in [0.3, 0.4) is 0 Å². The predicted molar refractivity (Wildman–Crippen MR) is 96.0 cm³/mol. The molecule has 0 nitrogen and oxygen atoms in total. The maximum Gasteiger partial charge on any atom is -0.00963 e. The van der Waals surface area contributed by atoms with Crippen LogP contribution in [0.5, 0.6) is 0 Å². The maximum atomic E-state index is 2.67. The Morgan fingerprint density at radius 2 is 1.61 bits per heavy atom. The van der Waals surface area contributed by atoms with Crippen molar-refractivity contribution in [1.82, 2.24) is 0 Å². The van der Waals surface area contributed by atoms with E-state index >= 15 is 0 Å². The van der Waals surface area contributed by atoms with Crippen LogP contribution in [-0.4, -0.2) is 0 Å². The van der Waals surface area contributed by atoms with Crippen LogP contribution in [0.1, 0.15) is 43.2 Å². The van der Waals surface area contributed by atoms with Gasteiger partial charge in [0.05, 0.1) is 0 Å². The molecular weight excluding hydrogens is 276 g/mol. The van der Waals surface area contributed by atoms with Crippen LogP contribution in [0, 0.1) is 23.2 Å². The molecule has 5 unspecified atom stereocenters. The van der Waals surface area contributed by atoms with Gasteiger partial charge in [-0.3, -0.25) is 0 Å². The smallest absolute Gasteiger partial charge is 0.00963 e. The van der Waals surface area contributed by atoms with Crippen molar-refractivity contribution in [2.75, 3.05) is 0 Å². The van der Waals surface area contributed by atoms with Gasteiger partial charge in [-0.25, -0.2) is 0 Å². The van der Waals surface area contributed by atoms with Crippen molar-refractivity contribution in [3.8, 4) is 0 Å². The van der Waals surface area contributed by atoms with Gasteiger partial charge in [0.1, 0.15) is 0 Å². The van der Waals surface area contributed by atoms with E-state index < -0.39 is 0 Å². The van der Waals surface area contributed by atoms with Crippen LogP contribution in [0.25, 0.3) is 5.57 Å². The van der Waals surface area contributed by atoms with E-state index in [1.807, 2.05) is 0 Å². The number of allylic oxidation sites excluding steroid dienone is 2. The van der Waals surface area contributed by atoms with E-state index in [4.69, 9.17) is 0 Å². The first-order valence-corrected chi connectivity index (χ1v) is 9.12. The number of benzene rings is 2. The fourth-order valence-electron chi connectivity index (χ4n) is 5.95. The Balaban J connectivity index is 1.53. The van der Waals surface area contributed by atoms with Crippen molar-refractivity contribution >= 4 is 5.57 Å². The highest BCUT2D eigenvalue weighted by atomic mass is 14.7. The average Bonchev–Trinajstić information content (AvgIpc) is 3.01. The van der Waals surface area contributed by atoms with Crippen LogP contribution in [-0.2, 0) is 0 Å². The third-order valence-electron chi connectivity index (χ3n) is 7.13. The highest BCUT2D eigenvalue weighted by Gasteiger charge is 2.63. The molecule has 2 fully saturated rings. The van der Waals surface area contributed by atoms with Crippen LogP contribution in [0.2, 0.25) is 0 Å². The van der Waals surface area contributed by atoms with E-state index in [1.54, 1.807) is 11.1 Å². The van der Waals surface area contributed by atoms with Gasteiger partial charge in [0.2, 0.25) is 0 Å². The molecule has 1 spiro atoms. The molecule has 116 valence electrons. The molecule has 0 aliphatic heterocycles. The summed E-state index contributed by atoms with van der Waals surface area (Å²) in [4.78, 5) is 0. The minimum absolute atomic E-state index is 0.575. The van der Waals surface area contributed by atoms with Gasteiger partial charge in [0.15, 0.2) is 0 Å². The molecule has 5 rings (SSSR count). The summed E-state index contributed by atoms with van der Waals surface area (Å²) in [7, 11) is 0. The lowest BCUT2D eigenvalue weighted by molar-refractivity contribution is 0.0548. The van der Waals surface area contributed by atoms with Crippen molar-refractivity contribution in [2.45, 2.75) is 32.1 Å². The van der Waals surface area contributed by atoms with Crippen molar-refractivity contribution in [3.05, 3.63) is 77.9 Å². The number of hydrogen-bond donors (Lipinski definition) is 0. The first kappa shape index (κ1) is 13.6. The van der Waals surface area contributed by atoms with E-state index in [1.165, 1.54) is 24.8 Å². The first-order valence-electron chi connectivity index (χ1n) is 9.12. The SMILES string of the molecule is CC1C(c2ccccc2)CC23CCC2C(c2ccccc2)=CC13. The van der Waals surface area contributed by atoms with E-state index in [-0.39, 0.29) is 0 Å². The van der Waals surface area contributed by atoms with Gasteiger partial charge in [-0.15, -0.1) is 0 Å². The van der Waals surface area contributed by atoms with E-state index in [0.717, 1.165) is 23.7 Å². The zero-order valence-corrected chi connectivity index (χ0v) is 13.8. The Morgan fingerprint density at radius 3 is 2.22 bits per heavy atom. The van der Waals surface area contributed by atoms with E-state index in [0.29, 0.717) is 5.41 Å². The molecular formula is C23H24. The Labute approximate surface area is 139 Å². The first-order chi connectivity index (χ1) is 11.3. The van der Waals surface area contributed by atoms with Crippen LogP contribution >= 0.6 is 0 Å². The predicted octanol–water partition coefficient (Wildman–Crippen LogP) is 5.92. The Hall–Kier alpha value is -1.82. The standard InChI is InChI=1S/C23H24/c1-16-20(18-10-6-3-7-11-18)15-23-13-12-21(23)19(14-22(16)23)17-8-4-2-5-9-17/h2-11,14,16,20-22H,12-13,15H2,1H3. The van der Waals surface area contributed by atoms with Gasteiger partial charge in [0, 0.05) is 0 Å². The number of hydrogen-bond acceptors (Lipinski definition) is 0. The summed E-state index contributed by atoms with van der Waals surface area (Å²) in [6, 6.07) is 22.3. The average molecular weight is 300 g/mol. The Kier molecular flexibility index (Phi) is 2.86. The zero-order chi connectivity index (χ0) is 15.4. The van der Waals surface area contributed by atoms with Gasteiger partial charge in [0.25, 0.3) is 0 Å². The topological polar surface area (TPSA) is 0 Å². The van der Waals surface area contributed by atoms with Crippen molar-refractivity contribution in [1.29, 1.82) is 0 Å². The zero-order valence-electron chi connectivity index (χ0n) is 13.8. The van der Waals surface area contributed by atoms with Crippen molar-refractivity contribution < 1.29 is 0 Å². The fourth-order valence-corrected chi connectivity index (χ4v) is 5.95. The number of rotatable bonds is 2. The second-order valence-corrected chi connectivity index (χ2v) is 7.92. The molecule has 2 saturated carbocycles. The molecule has 0 heteroatoms. The van der Waals surface area contributed by atoms with Crippen LogP contribution in [0.15, 0.2) is 66.7 Å². The molecule has 0 radical (unpaired) electrons. The molecule has 0 heterocycles. The van der Waals surface area contributed by atoms with Crippen LogP contribution in [0.4, 0.5) is 0 Å². The lowest BCUT2D eigenvalue weighted by Crippen LogP contribution is -2.39. The minimum atomic E-state index is 0.575. The summed E-state index contributed by atoms with van der Waals surface area (Å²) in [5.41, 5.74) is 5.25. The summed E-state index contributed by atoms with van der Waals surface area (Å²) in [6.07, 6.45) is 6.88. The highest BCUT2D eigenvalue weighted by molar-refractivity contribution is 5.73. The second-order valence-electron chi connectivity index (χ2n) is 7.92. The van der Waals surface area contributed by atoms with Crippen molar-refractivity contribution in [2.24, 2.45) is 23.2 Å². The second kappa shape index (κ2) is 4.84. The Morgan fingerprint density at radius 1 is 0.913 bits per heavy atom. The van der Waals surface area contributed by atoms with Gasteiger partial charge in [-0.2, -0.15) is 0 Å². The largest absolute Gasteiger partial charge is 0.0764 e. The summed E-state index contributed by atoms with van der Waals surface area (Å²) in [6.45, 7) is 2.50. The van der Waals surface area contributed by atoms with Gasteiger partial charge >= 0.3 is 0 Å². The molecule has 0 saturated heterocycles. The summed E-state index contributed by atoms with van der Waals surface area (Å²) >= 11 is 0. The lowest BCUT2D eigenvalue weighted by Gasteiger charge is -2.48. The molecule has 3 aliphatic rings. The molecule has 2 aromatic rings. The van der Waals surface area contributed by atoms with Gasteiger partial charge < -0.3 is 0 Å². The summed E-state index contributed by atoms with van der Waals surface area (Å²) in [5, 5.41) is 0. The molecule has 0 N–H and O–H groups in total. The van der Waals surface area contributed by atoms with E-state index in [2.05, 4.69) is 73.7 Å². The van der Waals surface area contributed by atoms with Crippen molar-refractivity contribution in [3.63, 3.8) is 0 Å².